The number of ketones is 1. The molecule has 0 amide bonds. The van der Waals surface area contributed by atoms with Crippen LogP contribution in [-0.4, -0.2) is 10.9 Å². The lowest BCUT2D eigenvalue weighted by Crippen LogP contribution is -1.94. The highest BCUT2D eigenvalue weighted by atomic mass is 35.5. The van der Waals surface area contributed by atoms with Gasteiger partial charge in [-0.15, -0.1) is 0 Å². The number of benzene rings is 2. The van der Waals surface area contributed by atoms with Crippen LogP contribution in [-0.2, 0) is 0 Å². The first-order chi connectivity index (χ1) is 8.66. The first kappa shape index (κ1) is 12.4. The van der Waals surface area contributed by atoms with Gasteiger partial charge in [0, 0.05) is 5.02 Å². The second kappa shape index (κ2) is 5.52. The van der Waals surface area contributed by atoms with Crippen molar-refractivity contribution in [1.82, 2.24) is 0 Å². The van der Waals surface area contributed by atoms with Gasteiger partial charge >= 0.3 is 0 Å². The monoisotopic (exact) mass is 258 g/mol. The molecule has 0 saturated carbocycles. The first-order valence-corrected chi connectivity index (χ1v) is 5.80. The van der Waals surface area contributed by atoms with Gasteiger partial charge in [0.15, 0.2) is 5.78 Å². The van der Waals surface area contributed by atoms with E-state index in [0.29, 0.717) is 5.02 Å². The maximum atomic E-state index is 11.9. The molecule has 0 spiro atoms. The van der Waals surface area contributed by atoms with Crippen molar-refractivity contribution in [2.75, 3.05) is 0 Å². The van der Waals surface area contributed by atoms with Crippen molar-refractivity contribution in [2.45, 2.75) is 0 Å². The summed E-state index contributed by atoms with van der Waals surface area (Å²) in [5.41, 5.74) is 1.13. The smallest absolute Gasteiger partial charge is 0.189 e. The molecule has 18 heavy (non-hydrogen) atoms. The van der Waals surface area contributed by atoms with Gasteiger partial charge in [0.25, 0.3) is 0 Å². The summed E-state index contributed by atoms with van der Waals surface area (Å²) in [6, 6.07) is 13.9. The van der Waals surface area contributed by atoms with Crippen molar-refractivity contribution in [3.8, 4) is 5.75 Å². The Hall–Kier alpha value is -2.06. The Bertz CT molecular complexity index is 589. The van der Waals surface area contributed by atoms with Gasteiger partial charge in [-0.25, -0.2) is 0 Å². The summed E-state index contributed by atoms with van der Waals surface area (Å²) in [4.78, 5) is 11.9. The number of aromatic hydroxyl groups is 1. The molecule has 0 aliphatic rings. The summed E-state index contributed by atoms with van der Waals surface area (Å²) in [5.74, 6) is -0.346. The van der Waals surface area contributed by atoms with Crippen LogP contribution in [0, 0.1) is 0 Å². The molecule has 2 rings (SSSR count). The lowest BCUT2D eigenvalue weighted by Gasteiger charge is -2.00. The standard InChI is InChI=1S/C15H11ClO2/c16-12-7-9-15(18)13(10-12)14(17)8-6-11-4-2-1-3-5-11/h1-10,18H. The SMILES string of the molecule is O=C(C=Cc1ccccc1)c1cc(Cl)ccc1O. The molecular weight excluding hydrogens is 248 g/mol. The van der Waals surface area contributed by atoms with Gasteiger partial charge in [0.1, 0.15) is 5.75 Å². The van der Waals surface area contributed by atoms with Gasteiger partial charge in [-0.3, -0.25) is 4.79 Å². The molecule has 1 N–H and O–H groups in total. The Labute approximate surface area is 110 Å². The van der Waals surface area contributed by atoms with E-state index in [2.05, 4.69) is 0 Å². The fourth-order valence-corrected chi connectivity index (χ4v) is 1.70. The molecule has 2 nitrogen and oxygen atoms in total. The second-order valence-corrected chi connectivity index (χ2v) is 4.21. The van der Waals surface area contributed by atoms with E-state index in [1.54, 1.807) is 6.08 Å². The van der Waals surface area contributed by atoms with E-state index in [4.69, 9.17) is 11.6 Å². The third kappa shape index (κ3) is 2.99. The zero-order valence-electron chi connectivity index (χ0n) is 9.51. The third-order valence-electron chi connectivity index (χ3n) is 2.45. The summed E-state index contributed by atoms with van der Waals surface area (Å²) in [6.07, 6.45) is 3.11. The molecule has 90 valence electrons. The average molecular weight is 259 g/mol. The van der Waals surface area contributed by atoms with E-state index in [1.807, 2.05) is 30.3 Å². The number of phenols is 1. The van der Waals surface area contributed by atoms with E-state index >= 15 is 0 Å². The van der Waals surface area contributed by atoms with Crippen molar-refractivity contribution in [3.63, 3.8) is 0 Å². The molecule has 2 aromatic carbocycles. The predicted molar refractivity (Wildman–Crippen MR) is 72.9 cm³/mol. The minimum Gasteiger partial charge on any atom is -0.507 e. The largest absolute Gasteiger partial charge is 0.507 e. The normalized spacial score (nSPS) is 10.7. The number of carbonyl (C=O) groups excluding carboxylic acids is 1. The molecule has 2 aromatic rings. The van der Waals surface area contributed by atoms with Crippen LogP contribution in [0.3, 0.4) is 0 Å². The van der Waals surface area contributed by atoms with Gasteiger partial charge in [-0.05, 0) is 29.8 Å². The van der Waals surface area contributed by atoms with E-state index in [9.17, 15) is 9.90 Å². The van der Waals surface area contributed by atoms with Crippen molar-refractivity contribution in [1.29, 1.82) is 0 Å². The van der Waals surface area contributed by atoms with Gasteiger partial charge in [-0.1, -0.05) is 48.0 Å². The van der Waals surface area contributed by atoms with Crippen LogP contribution in [0.25, 0.3) is 6.08 Å². The molecule has 0 saturated heterocycles. The Morgan fingerprint density at radius 2 is 1.83 bits per heavy atom. The molecule has 0 atom stereocenters. The molecule has 0 unspecified atom stereocenters. The van der Waals surface area contributed by atoms with Crippen molar-refractivity contribution in [2.24, 2.45) is 0 Å². The van der Waals surface area contributed by atoms with Crippen molar-refractivity contribution >= 4 is 23.5 Å². The lowest BCUT2D eigenvalue weighted by molar-refractivity contribution is 0.104. The fraction of sp³-hybridized carbons (Fsp3) is 0. The fourth-order valence-electron chi connectivity index (χ4n) is 1.53. The summed E-state index contributed by atoms with van der Waals surface area (Å²) < 4.78 is 0. The number of hydrogen-bond acceptors (Lipinski definition) is 2. The molecule has 0 aliphatic carbocycles. The van der Waals surface area contributed by atoms with Crippen LogP contribution < -0.4 is 0 Å². The molecule has 0 aromatic heterocycles. The van der Waals surface area contributed by atoms with E-state index in [-0.39, 0.29) is 17.1 Å². The highest BCUT2D eigenvalue weighted by Gasteiger charge is 2.08. The summed E-state index contributed by atoms with van der Waals surface area (Å²) in [7, 11) is 0. The van der Waals surface area contributed by atoms with Gasteiger partial charge in [0.05, 0.1) is 5.56 Å². The molecule has 0 heterocycles. The minimum atomic E-state index is -0.279. The zero-order chi connectivity index (χ0) is 13.0. The summed E-state index contributed by atoms with van der Waals surface area (Å²) in [6.45, 7) is 0. The van der Waals surface area contributed by atoms with E-state index in [0.717, 1.165) is 5.56 Å². The van der Waals surface area contributed by atoms with Gasteiger partial charge in [0.2, 0.25) is 0 Å². The van der Waals surface area contributed by atoms with Crippen LogP contribution >= 0.6 is 11.6 Å². The number of allylic oxidation sites excluding steroid dienone is 1. The zero-order valence-corrected chi connectivity index (χ0v) is 10.3. The topological polar surface area (TPSA) is 37.3 Å². The molecule has 3 heteroatoms. The molecule has 0 aliphatic heterocycles. The molecule has 0 bridgehead atoms. The van der Waals surface area contributed by atoms with E-state index < -0.39 is 0 Å². The predicted octanol–water partition coefficient (Wildman–Crippen LogP) is 3.94. The highest BCUT2D eigenvalue weighted by molar-refractivity contribution is 6.31. The van der Waals surface area contributed by atoms with Gasteiger partial charge < -0.3 is 5.11 Å². The number of hydrogen-bond donors (Lipinski definition) is 1. The highest BCUT2D eigenvalue weighted by Crippen LogP contribution is 2.22. The number of rotatable bonds is 3. The summed E-state index contributed by atoms with van der Waals surface area (Å²) >= 11 is 5.79. The number of carbonyl (C=O) groups is 1. The Morgan fingerprint density at radius 3 is 2.56 bits per heavy atom. The Morgan fingerprint density at radius 1 is 1.11 bits per heavy atom. The first-order valence-electron chi connectivity index (χ1n) is 5.43. The van der Waals surface area contributed by atoms with Crippen LogP contribution in [0.2, 0.25) is 5.02 Å². The van der Waals surface area contributed by atoms with Crippen LogP contribution in [0.5, 0.6) is 5.75 Å². The number of halogens is 1. The van der Waals surface area contributed by atoms with Crippen molar-refractivity contribution < 1.29 is 9.90 Å². The third-order valence-corrected chi connectivity index (χ3v) is 2.69. The van der Waals surface area contributed by atoms with Gasteiger partial charge in [-0.2, -0.15) is 0 Å². The maximum Gasteiger partial charge on any atom is 0.189 e. The second-order valence-electron chi connectivity index (χ2n) is 3.77. The Kier molecular flexibility index (Phi) is 3.80. The van der Waals surface area contributed by atoms with Crippen molar-refractivity contribution in [3.05, 3.63) is 70.8 Å². The average Bonchev–Trinajstić information content (AvgIpc) is 2.40. The van der Waals surface area contributed by atoms with Crippen LogP contribution in [0.15, 0.2) is 54.6 Å². The lowest BCUT2D eigenvalue weighted by atomic mass is 10.1. The Balaban J connectivity index is 2.22. The maximum absolute atomic E-state index is 11.9. The number of phenolic OH excluding ortho intramolecular Hbond substituents is 1. The molecule has 0 radical (unpaired) electrons. The molecular formula is C15H11ClO2. The molecule has 0 fully saturated rings. The van der Waals surface area contributed by atoms with Crippen LogP contribution in [0.1, 0.15) is 15.9 Å². The van der Waals surface area contributed by atoms with Crippen LogP contribution in [0.4, 0.5) is 0 Å². The summed E-state index contributed by atoms with van der Waals surface area (Å²) in [5, 5.41) is 10.0. The quantitative estimate of drug-likeness (QED) is 0.669. The van der Waals surface area contributed by atoms with E-state index in [1.165, 1.54) is 24.3 Å². The minimum absolute atomic E-state index is 0.0675.